The molecule has 6 nitrogen and oxygen atoms in total. The second kappa shape index (κ2) is 3.39. The van der Waals surface area contributed by atoms with Crippen molar-refractivity contribution in [1.29, 1.82) is 0 Å². The number of aromatic amines is 1. The van der Waals surface area contributed by atoms with Gasteiger partial charge in [0.2, 0.25) is 5.95 Å². The molecule has 0 spiro atoms. The highest BCUT2D eigenvalue weighted by Gasteiger charge is 2.08. The summed E-state index contributed by atoms with van der Waals surface area (Å²) in [5, 5.41) is 0. The average Bonchev–Trinajstić information content (AvgIpc) is 2.17. The number of rotatable bonds is 1. The molecular weight excluding hydrogens is 229 g/mol. The number of halogens is 2. The summed E-state index contributed by atoms with van der Waals surface area (Å²) in [6.07, 6.45) is 2.82. The minimum Gasteiger partial charge on any atom is -0.289 e. The topological polar surface area (TPSA) is 74.8 Å². The maximum Gasteiger partial charge on any atom is 0.280 e. The molecule has 0 unspecified atom stereocenters. The van der Waals surface area contributed by atoms with Crippen molar-refractivity contribution >= 4 is 40.7 Å². The normalized spacial score (nSPS) is 10.4. The van der Waals surface area contributed by atoms with Crippen LogP contribution in [-0.4, -0.2) is 19.9 Å². The van der Waals surface area contributed by atoms with Gasteiger partial charge in [-0.05, 0) is 0 Å². The summed E-state index contributed by atoms with van der Waals surface area (Å²) in [5.74, 6) is 0.00586. The average molecular weight is 232 g/mol. The van der Waals surface area contributed by atoms with Gasteiger partial charge in [0.05, 0.1) is 0 Å². The van der Waals surface area contributed by atoms with Crippen LogP contribution in [0.5, 0.6) is 0 Å². The van der Waals surface area contributed by atoms with Gasteiger partial charge in [-0.1, -0.05) is 0 Å². The van der Waals surface area contributed by atoms with Crippen LogP contribution in [0.3, 0.4) is 0 Å². The van der Waals surface area contributed by atoms with Crippen molar-refractivity contribution in [2.75, 3.05) is 3.94 Å². The number of fused-ring (bicyclic) bond motifs is 1. The van der Waals surface area contributed by atoms with Crippen LogP contribution in [0.4, 0.5) is 5.95 Å². The van der Waals surface area contributed by atoms with Crippen molar-refractivity contribution in [1.82, 2.24) is 19.9 Å². The first-order valence-corrected chi connectivity index (χ1v) is 4.19. The molecule has 8 heteroatoms. The van der Waals surface area contributed by atoms with Gasteiger partial charge in [-0.3, -0.25) is 9.78 Å². The molecule has 0 aliphatic heterocycles. The van der Waals surface area contributed by atoms with Gasteiger partial charge in [-0.25, -0.2) is 9.97 Å². The van der Waals surface area contributed by atoms with E-state index in [1.807, 2.05) is 0 Å². The lowest BCUT2D eigenvalue weighted by Gasteiger charge is -2.03. The van der Waals surface area contributed by atoms with E-state index < -0.39 is 5.56 Å². The Kier molecular flexibility index (Phi) is 2.22. The number of nitrogens with one attached hydrogen (secondary N) is 1. The Morgan fingerprint density at radius 1 is 1.29 bits per heavy atom. The Hall–Kier alpha value is -1.40. The molecule has 0 amide bonds. The number of hydrogen-bond donors (Lipinski definition) is 1. The highest BCUT2D eigenvalue weighted by Crippen LogP contribution is 2.12. The number of nitrogens with zero attached hydrogens (tertiary/aromatic N) is 4. The Labute approximate surface area is 87.7 Å². The van der Waals surface area contributed by atoms with Crippen molar-refractivity contribution < 1.29 is 0 Å². The summed E-state index contributed by atoms with van der Waals surface area (Å²) in [4.78, 5) is 25.2. The minimum absolute atomic E-state index is 0.00586. The van der Waals surface area contributed by atoms with Gasteiger partial charge < -0.3 is 0 Å². The van der Waals surface area contributed by atoms with Crippen LogP contribution < -0.4 is 9.50 Å². The fraction of sp³-hybridized carbons (Fsp3) is 0. The largest absolute Gasteiger partial charge is 0.289 e. The molecule has 0 saturated carbocycles. The molecular formula is C6H3Cl2N5O. The molecule has 0 fully saturated rings. The van der Waals surface area contributed by atoms with Crippen molar-refractivity contribution in [3.05, 3.63) is 22.7 Å². The van der Waals surface area contributed by atoms with Crippen molar-refractivity contribution in [3.63, 3.8) is 0 Å². The van der Waals surface area contributed by atoms with E-state index in [2.05, 4.69) is 19.9 Å². The van der Waals surface area contributed by atoms with E-state index in [0.29, 0.717) is 3.94 Å². The van der Waals surface area contributed by atoms with Crippen LogP contribution in [0.1, 0.15) is 0 Å². The molecule has 2 aromatic heterocycles. The predicted octanol–water partition coefficient (Wildman–Crippen LogP) is 0.827. The highest BCUT2D eigenvalue weighted by atomic mass is 35.5. The van der Waals surface area contributed by atoms with E-state index in [9.17, 15) is 4.79 Å². The molecule has 0 aliphatic carbocycles. The zero-order valence-corrected chi connectivity index (χ0v) is 8.12. The van der Waals surface area contributed by atoms with Crippen molar-refractivity contribution in [2.24, 2.45) is 0 Å². The van der Waals surface area contributed by atoms with Crippen LogP contribution in [-0.2, 0) is 0 Å². The molecule has 2 rings (SSSR count). The third kappa shape index (κ3) is 1.49. The van der Waals surface area contributed by atoms with Crippen LogP contribution in [0.25, 0.3) is 11.2 Å². The van der Waals surface area contributed by atoms with Gasteiger partial charge in [0.25, 0.3) is 5.56 Å². The summed E-state index contributed by atoms with van der Waals surface area (Å²) in [7, 11) is 0. The third-order valence-electron chi connectivity index (χ3n) is 1.49. The van der Waals surface area contributed by atoms with Crippen LogP contribution in [0, 0.1) is 0 Å². The summed E-state index contributed by atoms with van der Waals surface area (Å²) in [6, 6.07) is 0. The first-order valence-electron chi connectivity index (χ1n) is 3.51. The lowest BCUT2D eigenvalue weighted by atomic mass is 10.5. The molecule has 14 heavy (non-hydrogen) atoms. The van der Waals surface area contributed by atoms with Gasteiger partial charge in [-0.2, -0.15) is 8.92 Å². The lowest BCUT2D eigenvalue weighted by molar-refractivity contribution is 1.10. The van der Waals surface area contributed by atoms with Crippen LogP contribution in [0.15, 0.2) is 17.2 Å². The summed E-state index contributed by atoms with van der Waals surface area (Å²) in [5.41, 5.74) is -0.103. The van der Waals surface area contributed by atoms with Crippen molar-refractivity contribution in [2.45, 2.75) is 0 Å². The maximum atomic E-state index is 11.4. The second-order valence-corrected chi connectivity index (χ2v) is 3.20. The lowest BCUT2D eigenvalue weighted by Crippen LogP contribution is -2.14. The molecule has 2 aromatic rings. The Balaban J connectivity index is 2.79. The number of H-pyrrole nitrogens is 1. The van der Waals surface area contributed by atoms with Gasteiger partial charge in [-0.15, -0.1) is 0 Å². The molecule has 1 N–H and O–H groups in total. The molecule has 72 valence electrons. The van der Waals surface area contributed by atoms with E-state index in [0.717, 1.165) is 0 Å². The minimum atomic E-state index is -0.440. The number of hydrogen-bond acceptors (Lipinski definition) is 5. The summed E-state index contributed by atoms with van der Waals surface area (Å²) in [6.45, 7) is 0. The highest BCUT2D eigenvalue weighted by molar-refractivity contribution is 6.48. The Bertz CT molecular complexity index is 525. The monoisotopic (exact) mass is 231 g/mol. The van der Waals surface area contributed by atoms with E-state index in [1.54, 1.807) is 0 Å². The summed E-state index contributed by atoms with van der Waals surface area (Å²) < 4.78 is 0.648. The van der Waals surface area contributed by atoms with Gasteiger partial charge in [0.15, 0.2) is 11.2 Å². The number of anilines is 1. The van der Waals surface area contributed by atoms with E-state index in [4.69, 9.17) is 23.6 Å². The van der Waals surface area contributed by atoms with Crippen molar-refractivity contribution in [3.8, 4) is 0 Å². The van der Waals surface area contributed by atoms with E-state index in [-0.39, 0.29) is 17.1 Å². The maximum absolute atomic E-state index is 11.4. The zero-order chi connectivity index (χ0) is 10.1. The third-order valence-corrected chi connectivity index (χ3v) is 1.81. The second-order valence-electron chi connectivity index (χ2n) is 2.35. The quantitative estimate of drug-likeness (QED) is 0.737. The SMILES string of the molecule is O=c1[nH]c(N(Cl)Cl)nc2nccnc12. The molecule has 2 heterocycles. The first-order chi connectivity index (χ1) is 6.68. The van der Waals surface area contributed by atoms with Gasteiger partial charge in [0.1, 0.15) is 0 Å². The molecule has 0 radical (unpaired) electrons. The molecule has 0 bridgehead atoms. The fourth-order valence-electron chi connectivity index (χ4n) is 0.942. The molecule has 0 aliphatic rings. The van der Waals surface area contributed by atoms with Gasteiger partial charge in [0, 0.05) is 35.9 Å². The summed E-state index contributed by atoms with van der Waals surface area (Å²) >= 11 is 10.8. The predicted molar refractivity (Wildman–Crippen MR) is 52.1 cm³/mol. The fourth-order valence-corrected chi connectivity index (χ4v) is 1.10. The van der Waals surface area contributed by atoms with Gasteiger partial charge >= 0.3 is 0 Å². The molecule has 0 atom stereocenters. The smallest absolute Gasteiger partial charge is 0.280 e. The van der Waals surface area contributed by atoms with Crippen LogP contribution >= 0.6 is 23.6 Å². The zero-order valence-electron chi connectivity index (χ0n) is 6.61. The Morgan fingerprint density at radius 2 is 2.00 bits per heavy atom. The number of aromatic nitrogens is 4. The Morgan fingerprint density at radius 3 is 2.71 bits per heavy atom. The molecule has 0 saturated heterocycles. The van der Waals surface area contributed by atoms with E-state index >= 15 is 0 Å². The first kappa shape index (κ1) is 9.17. The molecule has 0 aromatic carbocycles. The van der Waals surface area contributed by atoms with E-state index in [1.165, 1.54) is 12.4 Å². The standard InChI is InChI=1S/C6H3Cl2N5O/c7-13(8)6-11-4-3(5(14)12-6)9-1-2-10-4/h1-2H,(H,10,11,12,14). The van der Waals surface area contributed by atoms with Crippen LogP contribution in [0.2, 0.25) is 0 Å².